The molecule has 7 heteroatoms. The second kappa shape index (κ2) is 9.39. The van der Waals surface area contributed by atoms with Crippen LogP contribution in [0.2, 0.25) is 0 Å². The minimum absolute atomic E-state index is 0.240. The number of carbonyl (C=O) groups excluding carboxylic acids is 2. The van der Waals surface area contributed by atoms with Crippen molar-refractivity contribution < 1.29 is 24.2 Å². The molecule has 0 unspecified atom stereocenters. The lowest BCUT2D eigenvalue weighted by Gasteiger charge is -2.27. The van der Waals surface area contributed by atoms with E-state index in [0.29, 0.717) is 18.6 Å². The van der Waals surface area contributed by atoms with E-state index in [1.54, 1.807) is 0 Å². The summed E-state index contributed by atoms with van der Waals surface area (Å²) in [6, 6.07) is 5.84. The Morgan fingerprint density at radius 1 is 1.15 bits per heavy atom. The third-order valence-electron chi connectivity index (χ3n) is 4.89. The molecule has 1 aliphatic rings. The van der Waals surface area contributed by atoms with Crippen molar-refractivity contribution in [2.24, 2.45) is 11.8 Å². The number of amides is 2. The molecular formula is C20H28N2O5. The number of hydrogen-bond acceptors (Lipinski definition) is 4. The smallest absolute Gasteiger partial charge is 0.307 e. The molecule has 1 fully saturated rings. The summed E-state index contributed by atoms with van der Waals surface area (Å²) in [7, 11) is 0. The Morgan fingerprint density at radius 3 is 2.44 bits per heavy atom. The molecule has 1 aromatic rings. The molecule has 0 radical (unpaired) electrons. The molecule has 148 valence electrons. The summed E-state index contributed by atoms with van der Waals surface area (Å²) in [5.74, 6) is -2.36. The Kier molecular flexibility index (Phi) is 7.21. The predicted molar refractivity (Wildman–Crippen MR) is 100 cm³/mol. The topological polar surface area (TPSA) is 105 Å². The number of hydrogen-bond donors (Lipinski definition) is 3. The molecule has 0 spiro atoms. The van der Waals surface area contributed by atoms with Gasteiger partial charge in [-0.15, -0.1) is 0 Å². The van der Waals surface area contributed by atoms with Gasteiger partial charge in [0.2, 0.25) is 5.91 Å². The van der Waals surface area contributed by atoms with Crippen LogP contribution in [0.15, 0.2) is 18.2 Å². The number of nitrogens with one attached hydrogen (secondary N) is 2. The fourth-order valence-electron chi connectivity index (χ4n) is 3.39. The molecule has 7 nitrogen and oxygen atoms in total. The van der Waals surface area contributed by atoms with Crippen LogP contribution in [-0.2, 0) is 14.4 Å². The van der Waals surface area contributed by atoms with Crippen molar-refractivity contribution in [1.29, 1.82) is 0 Å². The fourth-order valence-corrected chi connectivity index (χ4v) is 3.39. The molecule has 1 saturated carbocycles. The lowest BCUT2D eigenvalue weighted by atomic mass is 9.79. The standard InChI is InChI=1S/C20H28N2O5/c1-12(2)14-9-8-13(3)10-17(14)27-11-18(23)21-22-19(24)15-6-4-5-7-16(15)20(25)26/h8-10,12,15-16H,4-7,11H2,1-3H3,(H,21,23)(H,22,24)(H,25,26)/t15-,16+/m1/s1. The first-order chi connectivity index (χ1) is 12.8. The largest absolute Gasteiger partial charge is 0.483 e. The van der Waals surface area contributed by atoms with Crippen LogP contribution in [0.5, 0.6) is 5.75 Å². The van der Waals surface area contributed by atoms with Gasteiger partial charge in [0.05, 0.1) is 11.8 Å². The Balaban J connectivity index is 1.87. The minimum atomic E-state index is -0.967. The summed E-state index contributed by atoms with van der Waals surface area (Å²) < 4.78 is 5.62. The van der Waals surface area contributed by atoms with Crippen LogP contribution in [0, 0.1) is 18.8 Å². The van der Waals surface area contributed by atoms with E-state index in [1.165, 1.54) is 0 Å². The minimum Gasteiger partial charge on any atom is -0.483 e. The highest BCUT2D eigenvalue weighted by Gasteiger charge is 2.35. The van der Waals surface area contributed by atoms with E-state index in [-0.39, 0.29) is 12.5 Å². The second-order valence-corrected chi connectivity index (χ2v) is 7.36. The molecule has 2 rings (SSSR count). The zero-order valence-corrected chi connectivity index (χ0v) is 16.1. The number of carboxylic acids is 1. The number of hydrazine groups is 1. The van der Waals surface area contributed by atoms with Crippen molar-refractivity contribution in [2.75, 3.05) is 6.61 Å². The molecule has 0 heterocycles. The summed E-state index contributed by atoms with van der Waals surface area (Å²) in [4.78, 5) is 35.6. The third-order valence-corrected chi connectivity index (χ3v) is 4.89. The van der Waals surface area contributed by atoms with Crippen molar-refractivity contribution in [3.8, 4) is 5.75 Å². The van der Waals surface area contributed by atoms with Crippen LogP contribution in [-0.4, -0.2) is 29.5 Å². The number of aliphatic carboxylic acids is 1. The molecule has 0 aromatic heterocycles. The molecule has 0 bridgehead atoms. The number of carboxylic acid groups (broad SMARTS) is 1. The molecular weight excluding hydrogens is 348 g/mol. The van der Waals surface area contributed by atoms with Gasteiger partial charge in [0.1, 0.15) is 5.75 Å². The molecule has 0 aliphatic heterocycles. The summed E-state index contributed by atoms with van der Waals surface area (Å²) in [5.41, 5.74) is 6.69. The van der Waals surface area contributed by atoms with Crippen LogP contribution in [0.25, 0.3) is 0 Å². The van der Waals surface area contributed by atoms with Gasteiger partial charge in [-0.05, 0) is 42.9 Å². The SMILES string of the molecule is Cc1ccc(C(C)C)c(OCC(=O)NNC(=O)[C@@H]2CCCC[C@@H]2C(=O)O)c1. The van der Waals surface area contributed by atoms with E-state index >= 15 is 0 Å². The maximum atomic E-state index is 12.2. The van der Waals surface area contributed by atoms with Crippen molar-refractivity contribution in [2.45, 2.75) is 52.4 Å². The van der Waals surface area contributed by atoms with Gasteiger partial charge in [-0.25, -0.2) is 0 Å². The van der Waals surface area contributed by atoms with Crippen LogP contribution in [0.1, 0.15) is 56.6 Å². The average molecular weight is 376 g/mol. The highest BCUT2D eigenvalue weighted by atomic mass is 16.5. The Morgan fingerprint density at radius 2 is 1.81 bits per heavy atom. The number of carbonyl (C=O) groups is 3. The van der Waals surface area contributed by atoms with Gasteiger partial charge in [0.25, 0.3) is 5.91 Å². The number of ether oxygens (including phenoxy) is 1. The first kappa shape index (κ1) is 20.7. The van der Waals surface area contributed by atoms with E-state index < -0.39 is 29.6 Å². The zero-order chi connectivity index (χ0) is 20.0. The van der Waals surface area contributed by atoms with Crippen LogP contribution in [0.4, 0.5) is 0 Å². The maximum absolute atomic E-state index is 12.2. The molecule has 2 amide bonds. The van der Waals surface area contributed by atoms with Gasteiger partial charge in [-0.1, -0.05) is 38.8 Å². The summed E-state index contributed by atoms with van der Waals surface area (Å²) in [5, 5.41) is 9.25. The van der Waals surface area contributed by atoms with Crippen LogP contribution >= 0.6 is 0 Å². The Bertz CT molecular complexity index is 702. The maximum Gasteiger partial charge on any atom is 0.307 e. The van der Waals surface area contributed by atoms with Crippen LogP contribution < -0.4 is 15.6 Å². The van der Waals surface area contributed by atoms with Gasteiger partial charge in [-0.2, -0.15) is 0 Å². The average Bonchev–Trinajstić information content (AvgIpc) is 2.64. The molecule has 2 atom stereocenters. The Labute approximate surface area is 159 Å². The number of benzene rings is 1. The van der Waals surface area contributed by atoms with Gasteiger partial charge in [0.15, 0.2) is 6.61 Å². The quantitative estimate of drug-likeness (QED) is 0.662. The van der Waals surface area contributed by atoms with Crippen molar-refractivity contribution in [3.63, 3.8) is 0 Å². The first-order valence-corrected chi connectivity index (χ1v) is 9.34. The molecule has 27 heavy (non-hydrogen) atoms. The third kappa shape index (κ3) is 5.70. The highest BCUT2D eigenvalue weighted by molar-refractivity contribution is 5.87. The van der Waals surface area contributed by atoms with Gasteiger partial charge >= 0.3 is 5.97 Å². The van der Waals surface area contributed by atoms with Crippen molar-refractivity contribution in [1.82, 2.24) is 10.9 Å². The Hall–Kier alpha value is -2.57. The van der Waals surface area contributed by atoms with E-state index in [0.717, 1.165) is 24.0 Å². The number of aryl methyl sites for hydroxylation is 1. The summed E-state index contributed by atoms with van der Waals surface area (Å²) in [6.45, 7) is 5.79. The molecule has 3 N–H and O–H groups in total. The van der Waals surface area contributed by atoms with E-state index in [9.17, 15) is 19.5 Å². The van der Waals surface area contributed by atoms with Gasteiger partial charge < -0.3 is 9.84 Å². The number of rotatable bonds is 6. The normalized spacial score (nSPS) is 19.4. The van der Waals surface area contributed by atoms with Crippen molar-refractivity contribution in [3.05, 3.63) is 29.3 Å². The zero-order valence-electron chi connectivity index (χ0n) is 16.1. The monoisotopic (exact) mass is 376 g/mol. The van der Waals surface area contributed by atoms with E-state index in [2.05, 4.69) is 10.9 Å². The lowest BCUT2D eigenvalue weighted by molar-refractivity contribution is -0.149. The molecule has 1 aromatic carbocycles. The van der Waals surface area contributed by atoms with Crippen molar-refractivity contribution >= 4 is 17.8 Å². The fraction of sp³-hybridized carbons (Fsp3) is 0.550. The first-order valence-electron chi connectivity index (χ1n) is 9.34. The van der Waals surface area contributed by atoms with Gasteiger partial charge in [0, 0.05) is 0 Å². The van der Waals surface area contributed by atoms with E-state index in [4.69, 9.17) is 4.74 Å². The molecule has 1 aliphatic carbocycles. The lowest BCUT2D eigenvalue weighted by Crippen LogP contribution is -2.49. The van der Waals surface area contributed by atoms with Crippen LogP contribution in [0.3, 0.4) is 0 Å². The van der Waals surface area contributed by atoms with Gasteiger partial charge in [-0.3, -0.25) is 25.2 Å². The molecule has 0 saturated heterocycles. The summed E-state index contributed by atoms with van der Waals surface area (Å²) in [6.07, 6.45) is 2.60. The second-order valence-electron chi connectivity index (χ2n) is 7.36. The predicted octanol–water partition coefficient (Wildman–Crippen LogP) is 2.54. The summed E-state index contributed by atoms with van der Waals surface area (Å²) >= 11 is 0. The highest BCUT2D eigenvalue weighted by Crippen LogP contribution is 2.30. The van der Waals surface area contributed by atoms with E-state index in [1.807, 2.05) is 39.0 Å².